The standard InChI is InChI=1S/C29H26O2/c1-20-17-26-28(2,25-16-10-9-15-24(20)25)31-30-27-18-22(21-11-5-3-6-12-21)19-29(26,27)23-13-7-4-8-14-23/h3-18,26-27H,19H2,1-2H3/t26-,27-,28+,29+/m1/s1. The van der Waals surface area contributed by atoms with Crippen molar-refractivity contribution in [2.24, 2.45) is 5.92 Å². The third-order valence-corrected chi connectivity index (χ3v) is 7.58. The Labute approximate surface area is 183 Å². The van der Waals surface area contributed by atoms with Crippen LogP contribution < -0.4 is 0 Å². The van der Waals surface area contributed by atoms with E-state index in [-0.39, 0.29) is 17.4 Å². The van der Waals surface area contributed by atoms with Gasteiger partial charge in [-0.1, -0.05) is 91.0 Å². The van der Waals surface area contributed by atoms with E-state index in [2.05, 4.69) is 111 Å². The highest BCUT2D eigenvalue weighted by atomic mass is 17.2. The zero-order valence-electron chi connectivity index (χ0n) is 17.9. The first-order valence-corrected chi connectivity index (χ1v) is 11.1. The third-order valence-electron chi connectivity index (χ3n) is 7.58. The zero-order chi connectivity index (χ0) is 21.1. The van der Waals surface area contributed by atoms with Crippen LogP contribution in [0, 0.1) is 5.92 Å². The van der Waals surface area contributed by atoms with Crippen LogP contribution in [0.4, 0.5) is 0 Å². The molecule has 0 N–H and O–H groups in total. The van der Waals surface area contributed by atoms with E-state index in [1.807, 2.05) is 0 Å². The summed E-state index contributed by atoms with van der Waals surface area (Å²) in [4.78, 5) is 12.6. The number of fused-ring (bicyclic) bond motifs is 5. The molecule has 0 aromatic heterocycles. The lowest BCUT2D eigenvalue weighted by molar-refractivity contribution is -0.429. The van der Waals surface area contributed by atoms with Crippen LogP contribution in [0.15, 0.2) is 97.1 Å². The summed E-state index contributed by atoms with van der Waals surface area (Å²) in [6, 6.07) is 30.1. The van der Waals surface area contributed by atoms with Gasteiger partial charge in [-0.05, 0) is 59.7 Å². The van der Waals surface area contributed by atoms with E-state index in [0.717, 1.165) is 6.42 Å². The van der Waals surface area contributed by atoms with Crippen LogP contribution >= 0.6 is 0 Å². The number of rotatable bonds is 2. The molecule has 3 aromatic carbocycles. The van der Waals surface area contributed by atoms with Gasteiger partial charge in [0.15, 0.2) is 0 Å². The normalized spacial score (nSPS) is 31.2. The van der Waals surface area contributed by atoms with Crippen LogP contribution in [0.5, 0.6) is 0 Å². The molecule has 1 aliphatic heterocycles. The number of hydrogen-bond acceptors (Lipinski definition) is 2. The van der Waals surface area contributed by atoms with E-state index in [9.17, 15) is 0 Å². The van der Waals surface area contributed by atoms with E-state index in [1.165, 1.54) is 33.4 Å². The Balaban J connectivity index is 1.57. The Morgan fingerprint density at radius 2 is 1.48 bits per heavy atom. The molecule has 154 valence electrons. The summed E-state index contributed by atoms with van der Waals surface area (Å²) < 4.78 is 0. The largest absolute Gasteiger partial charge is 0.227 e. The molecule has 6 rings (SSSR count). The van der Waals surface area contributed by atoms with Gasteiger partial charge in [0.1, 0.15) is 11.7 Å². The van der Waals surface area contributed by atoms with Crippen molar-refractivity contribution in [2.75, 3.05) is 0 Å². The SMILES string of the molecule is CC1=C[C@H]2[C@@]3(c4ccccc4)CC(c4ccccc4)=C[C@H]3OO[C@@]2(C)c2ccccc21. The first-order valence-electron chi connectivity index (χ1n) is 11.1. The van der Waals surface area contributed by atoms with Crippen LogP contribution in [0.25, 0.3) is 11.1 Å². The fourth-order valence-electron chi connectivity index (χ4n) is 6.07. The molecule has 2 heteroatoms. The summed E-state index contributed by atoms with van der Waals surface area (Å²) in [5.74, 6) is 0.147. The van der Waals surface area contributed by atoms with Crippen LogP contribution in [0.2, 0.25) is 0 Å². The fourth-order valence-corrected chi connectivity index (χ4v) is 6.07. The highest BCUT2D eigenvalue weighted by Gasteiger charge is 2.62. The Morgan fingerprint density at radius 3 is 2.26 bits per heavy atom. The molecule has 3 aliphatic rings. The van der Waals surface area contributed by atoms with Crippen LogP contribution in [-0.2, 0) is 20.8 Å². The molecule has 0 bridgehead atoms. The summed E-state index contributed by atoms with van der Waals surface area (Å²) in [5, 5.41) is 0. The predicted molar refractivity (Wildman–Crippen MR) is 124 cm³/mol. The van der Waals surface area contributed by atoms with Gasteiger partial charge in [0, 0.05) is 11.3 Å². The second kappa shape index (κ2) is 6.78. The topological polar surface area (TPSA) is 18.5 Å². The highest BCUT2D eigenvalue weighted by molar-refractivity contribution is 5.75. The van der Waals surface area contributed by atoms with E-state index < -0.39 is 5.60 Å². The Bertz CT molecular complexity index is 1190. The molecular weight excluding hydrogens is 380 g/mol. The Kier molecular flexibility index (Phi) is 4.11. The lowest BCUT2D eigenvalue weighted by Gasteiger charge is -2.54. The Hall–Kier alpha value is -2.94. The number of allylic oxidation sites excluding steroid dienone is 2. The summed E-state index contributed by atoms with van der Waals surface area (Å²) in [7, 11) is 0. The van der Waals surface area contributed by atoms with Gasteiger partial charge < -0.3 is 0 Å². The van der Waals surface area contributed by atoms with E-state index in [4.69, 9.17) is 9.78 Å². The van der Waals surface area contributed by atoms with Crippen molar-refractivity contribution in [1.82, 2.24) is 0 Å². The van der Waals surface area contributed by atoms with E-state index in [0.29, 0.717) is 0 Å². The van der Waals surface area contributed by atoms with Crippen LogP contribution in [0.3, 0.4) is 0 Å². The fraction of sp³-hybridized carbons (Fsp3) is 0.241. The summed E-state index contributed by atoms with van der Waals surface area (Å²) in [6.07, 6.45) is 5.50. The van der Waals surface area contributed by atoms with Gasteiger partial charge in [0.25, 0.3) is 0 Å². The van der Waals surface area contributed by atoms with Gasteiger partial charge in [-0.25, -0.2) is 9.78 Å². The van der Waals surface area contributed by atoms with Gasteiger partial charge in [-0.2, -0.15) is 0 Å². The molecule has 1 fully saturated rings. The summed E-state index contributed by atoms with van der Waals surface area (Å²) in [6.45, 7) is 4.42. The summed E-state index contributed by atoms with van der Waals surface area (Å²) in [5.41, 5.74) is 6.89. The molecule has 0 amide bonds. The molecule has 1 saturated heterocycles. The molecule has 0 radical (unpaired) electrons. The average molecular weight is 407 g/mol. The van der Waals surface area contributed by atoms with Crippen molar-refractivity contribution < 1.29 is 9.78 Å². The molecule has 3 aromatic rings. The minimum Gasteiger partial charge on any atom is -0.227 e. The summed E-state index contributed by atoms with van der Waals surface area (Å²) >= 11 is 0. The van der Waals surface area contributed by atoms with E-state index in [1.54, 1.807) is 0 Å². The quantitative estimate of drug-likeness (QED) is 0.441. The van der Waals surface area contributed by atoms with Crippen molar-refractivity contribution in [2.45, 2.75) is 37.4 Å². The maximum atomic E-state index is 6.30. The smallest absolute Gasteiger partial charge is 0.133 e. The van der Waals surface area contributed by atoms with Crippen LogP contribution in [-0.4, -0.2) is 6.10 Å². The second-order valence-corrected chi connectivity index (χ2v) is 9.22. The average Bonchev–Trinajstić information content (AvgIpc) is 3.23. The number of benzene rings is 3. The minimum atomic E-state index is -0.553. The minimum absolute atomic E-state index is 0.141. The van der Waals surface area contributed by atoms with Crippen molar-refractivity contribution in [3.05, 3.63) is 119 Å². The Morgan fingerprint density at radius 1 is 0.806 bits per heavy atom. The van der Waals surface area contributed by atoms with Gasteiger partial charge >= 0.3 is 0 Å². The van der Waals surface area contributed by atoms with Gasteiger partial charge in [0.05, 0.1) is 0 Å². The van der Waals surface area contributed by atoms with Crippen molar-refractivity contribution in [3.8, 4) is 0 Å². The first kappa shape index (κ1) is 18.8. The van der Waals surface area contributed by atoms with Gasteiger partial charge in [0.2, 0.25) is 0 Å². The molecule has 0 saturated carbocycles. The lowest BCUT2D eigenvalue weighted by atomic mass is 9.56. The van der Waals surface area contributed by atoms with E-state index >= 15 is 0 Å². The second-order valence-electron chi connectivity index (χ2n) is 9.22. The molecule has 2 nitrogen and oxygen atoms in total. The van der Waals surface area contributed by atoms with Crippen molar-refractivity contribution in [1.29, 1.82) is 0 Å². The maximum Gasteiger partial charge on any atom is 0.133 e. The molecule has 4 atom stereocenters. The van der Waals surface area contributed by atoms with Crippen LogP contribution in [0.1, 0.15) is 42.5 Å². The van der Waals surface area contributed by atoms with Crippen molar-refractivity contribution in [3.63, 3.8) is 0 Å². The zero-order valence-corrected chi connectivity index (χ0v) is 17.9. The van der Waals surface area contributed by atoms with Gasteiger partial charge in [-0.3, -0.25) is 0 Å². The third kappa shape index (κ3) is 2.59. The monoisotopic (exact) mass is 406 g/mol. The molecular formula is C29H26O2. The molecule has 2 aliphatic carbocycles. The lowest BCUT2D eigenvalue weighted by Crippen LogP contribution is -2.58. The maximum absolute atomic E-state index is 6.30. The molecule has 31 heavy (non-hydrogen) atoms. The highest BCUT2D eigenvalue weighted by Crippen LogP contribution is 2.61. The molecule has 0 spiro atoms. The molecule has 1 heterocycles. The molecule has 0 unspecified atom stereocenters. The first-order chi connectivity index (χ1) is 15.1. The number of hydrogen-bond donors (Lipinski definition) is 0. The van der Waals surface area contributed by atoms with Crippen molar-refractivity contribution >= 4 is 11.1 Å². The van der Waals surface area contributed by atoms with Gasteiger partial charge in [-0.15, -0.1) is 0 Å². The predicted octanol–water partition coefficient (Wildman–Crippen LogP) is 6.69.